The SMILES string of the molecule is NCC1CCC(CNC(=O)[C@@H](NC(=O)OCc2ccccc2)c2ccc(OCc3ccccc3)cc2)CC1. The van der Waals surface area contributed by atoms with E-state index in [1.807, 2.05) is 72.8 Å². The van der Waals surface area contributed by atoms with Gasteiger partial charge >= 0.3 is 6.09 Å². The van der Waals surface area contributed by atoms with Crippen LogP contribution in [-0.2, 0) is 22.7 Å². The van der Waals surface area contributed by atoms with Crippen LogP contribution in [0.15, 0.2) is 84.9 Å². The van der Waals surface area contributed by atoms with Crippen molar-refractivity contribution in [2.45, 2.75) is 44.9 Å². The molecule has 1 atom stereocenters. The molecule has 3 aromatic carbocycles. The molecule has 3 aromatic rings. The molecule has 4 N–H and O–H groups in total. The van der Waals surface area contributed by atoms with E-state index < -0.39 is 12.1 Å². The van der Waals surface area contributed by atoms with Crippen LogP contribution < -0.4 is 21.1 Å². The molecule has 7 heteroatoms. The van der Waals surface area contributed by atoms with Crippen LogP contribution in [0, 0.1) is 11.8 Å². The normalized spacial score (nSPS) is 17.7. The van der Waals surface area contributed by atoms with Gasteiger partial charge < -0.3 is 25.8 Å². The van der Waals surface area contributed by atoms with E-state index in [2.05, 4.69) is 10.6 Å². The lowest BCUT2D eigenvalue weighted by molar-refractivity contribution is -0.123. The number of rotatable bonds is 11. The minimum absolute atomic E-state index is 0.123. The lowest BCUT2D eigenvalue weighted by Gasteiger charge is -2.28. The maximum atomic E-state index is 13.3. The number of alkyl carbamates (subject to hydrolysis) is 1. The van der Waals surface area contributed by atoms with Gasteiger partial charge in [-0.1, -0.05) is 72.8 Å². The van der Waals surface area contributed by atoms with Gasteiger partial charge in [0, 0.05) is 6.54 Å². The zero-order valence-corrected chi connectivity index (χ0v) is 21.7. The fraction of sp³-hybridized carbons (Fsp3) is 0.355. The number of carbonyl (C=O) groups excluding carboxylic acids is 2. The van der Waals surface area contributed by atoms with Crippen LogP contribution in [0.25, 0.3) is 0 Å². The molecule has 0 spiro atoms. The van der Waals surface area contributed by atoms with Crippen LogP contribution in [-0.4, -0.2) is 25.1 Å². The van der Waals surface area contributed by atoms with Gasteiger partial charge in [-0.3, -0.25) is 4.79 Å². The number of amides is 2. The molecule has 0 aromatic heterocycles. The molecule has 1 saturated carbocycles. The quantitative estimate of drug-likeness (QED) is 0.329. The van der Waals surface area contributed by atoms with Crippen molar-refractivity contribution in [3.8, 4) is 5.75 Å². The molecule has 1 aliphatic carbocycles. The molecule has 0 heterocycles. The standard InChI is InChI=1S/C31H37N3O4/c32-19-23-11-13-24(14-12-23)20-33-30(35)29(34-31(36)38-22-26-9-5-2-6-10-26)27-15-17-28(18-16-27)37-21-25-7-3-1-4-8-25/h1-10,15-18,23-24,29H,11-14,19-22,32H2,(H,33,35)(H,34,36)/t23?,24?,29-/m0/s1. The first-order chi connectivity index (χ1) is 18.6. The summed E-state index contributed by atoms with van der Waals surface area (Å²) in [5, 5.41) is 5.81. The largest absolute Gasteiger partial charge is 0.489 e. The van der Waals surface area contributed by atoms with Crippen molar-refractivity contribution in [2.75, 3.05) is 13.1 Å². The van der Waals surface area contributed by atoms with Gasteiger partial charge in [0.1, 0.15) is 25.0 Å². The van der Waals surface area contributed by atoms with Gasteiger partial charge in [-0.2, -0.15) is 0 Å². The van der Waals surface area contributed by atoms with E-state index in [1.165, 1.54) is 0 Å². The Morgan fingerprint density at radius 2 is 1.37 bits per heavy atom. The Hall–Kier alpha value is -3.84. The van der Waals surface area contributed by atoms with Gasteiger partial charge in [-0.15, -0.1) is 0 Å². The summed E-state index contributed by atoms with van der Waals surface area (Å²) in [4.78, 5) is 25.9. The summed E-state index contributed by atoms with van der Waals surface area (Å²) in [6, 6.07) is 25.7. The minimum atomic E-state index is -0.887. The first kappa shape index (κ1) is 27.2. The number of benzene rings is 3. The molecule has 1 aliphatic rings. The van der Waals surface area contributed by atoms with Crippen molar-refractivity contribution >= 4 is 12.0 Å². The molecule has 1 fully saturated rings. The topological polar surface area (TPSA) is 103 Å². The molecule has 7 nitrogen and oxygen atoms in total. The maximum absolute atomic E-state index is 13.3. The lowest BCUT2D eigenvalue weighted by atomic mass is 9.82. The van der Waals surface area contributed by atoms with E-state index in [0.29, 0.717) is 36.3 Å². The summed E-state index contributed by atoms with van der Waals surface area (Å²) < 4.78 is 11.3. The van der Waals surface area contributed by atoms with Gasteiger partial charge in [0.05, 0.1) is 0 Å². The Labute approximate surface area is 224 Å². The summed E-state index contributed by atoms with van der Waals surface area (Å²) in [6.07, 6.45) is 3.63. The Bertz CT molecular complexity index is 1130. The van der Waals surface area contributed by atoms with Crippen LogP contribution in [0.5, 0.6) is 5.75 Å². The van der Waals surface area contributed by atoms with Crippen LogP contribution in [0.4, 0.5) is 4.79 Å². The van der Waals surface area contributed by atoms with Crippen molar-refractivity contribution in [2.24, 2.45) is 17.6 Å². The fourth-order valence-electron chi connectivity index (χ4n) is 4.70. The number of nitrogens with one attached hydrogen (secondary N) is 2. The summed E-state index contributed by atoms with van der Waals surface area (Å²) in [7, 11) is 0. The summed E-state index contributed by atoms with van der Waals surface area (Å²) in [6.45, 7) is 1.87. The molecule has 0 aliphatic heterocycles. The number of hydrogen-bond acceptors (Lipinski definition) is 5. The van der Waals surface area contributed by atoms with Crippen LogP contribution >= 0.6 is 0 Å². The summed E-state index contributed by atoms with van der Waals surface area (Å²) >= 11 is 0. The van der Waals surface area contributed by atoms with Crippen molar-refractivity contribution in [1.82, 2.24) is 10.6 Å². The molecule has 0 bridgehead atoms. The van der Waals surface area contributed by atoms with E-state index >= 15 is 0 Å². The van der Waals surface area contributed by atoms with Crippen molar-refractivity contribution in [1.29, 1.82) is 0 Å². The van der Waals surface area contributed by atoms with Gasteiger partial charge in [0.25, 0.3) is 0 Å². The molecule has 0 saturated heterocycles. The molecular weight excluding hydrogens is 478 g/mol. The van der Waals surface area contributed by atoms with Crippen LogP contribution in [0.2, 0.25) is 0 Å². The van der Waals surface area contributed by atoms with Crippen molar-refractivity contribution in [3.05, 3.63) is 102 Å². The van der Waals surface area contributed by atoms with E-state index in [4.69, 9.17) is 15.2 Å². The molecule has 0 radical (unpaired) electrons. The molecule has 0 unspecified atom stereocenters. The molecule has 38 heavy (non-hydrogen) atoms. The second-order valence-corrected chi connectivity index (χ2v) is 9.85. The van der Waals surface area contributed by atoms with Gasteiger partial charge in [0.2, 0.25) is 5.91 Å². The summed E-state index contributed by atoms with van der Waals surface area (Å²) in [5.41, 5.74) is 8.40. The second kappa shape index (κ2) is 14.2. The van der Waals surface area contributed by atoms with E-state index in [9.17, 15) is 9.59 Å². The highest BCUT2D eigenvalue weighted by molar-refractivity contribution is 5.86. The Kier molecular flexibility index (Phi) is 10.2. The molecule has 2 amide bonds. The monoisotopic (exact) mass is 515 g/mol. The van der Waals surface area contributed by atoms with E-state index in [0.717, 1.165) is 43.4 Å². The molecule has 4 rings (SSSR count). The van der Waals surface area contributed by atoms with E-state index in [1.54, 1.807) is 12.1 Å². The lowest BCUT2D eigenvalue weighted by Crippen LogP contribution is -2.42. The number of ether oxygens (including phenoxy) is 2. The fourth-order valence-corrected chi connectivity index (χ4v) is 4.70. The number of carbonyl (C=O) groups is 2. The molecular formula is C31H37N3O4. The second-order valence-electron chi connectivity index (χ2n) is 9.85. The number of nitrogens with two attached hydrogens (primary N) is 1. The maximum Gasteiger partial charge on any atom is 0.408 e. The summed E-state index contributed by atoms with van der Waals surface area (Å²) in [5.74, 6) is 1.42. The molecule has 200 valence electrons. The van der Waals surface area contributed by atoms with Gasteiger partial charge in [-0.05, 0) is 72.9 Å². The zero-order valence-electron chi connectivity index (χ0n) is 21.7. The van der Waals surface area contributed by atoms with E-state index in [-0.39, 0.29) is 12.5 Å². The van der Waals surface area contributed by atoms with Gasteiger partial charge in [-0.25, -0.2) is 4.79 Å². The first-order valence-corrected chi connectivity index (χ1v) is 13.3. The Balaban J connectivity index is 1.38. The highest BCUT2D eigenvalue weighted by atomic mass is 16.5. The van der Waals surface area contributed by atoms with Crippen molar-refractivity contribution in [3.63, 3.8) is 0 Å². The average Bonchev–Trinajstić information content (AvgIpc) is 2.98. The van der Waals surface area contributed by atoms with Crippen molar-refractivity contribution < 1.29 is 19.1 Å². The third-order valence-electron chi connectivity index (χ3n) is 7.06. The number of hydrogen-bond donors (Lipinski definition) is 3. The third kappa shape index (κ3) is 8.35. The smallest absolute Gasteiger partial charge is 0.408 e. The minimum Gasteiger partial charge on any atom is -0.489 e. The highest BCUT2D eigenvalue weighted by Crippen LogP contribution is 2.28. The Morgan fingerprint density at radius 1 is 0.789 bits per heavy atom. The van der Waals surface area contributed by atoms with Crippen LogP contribution in [0.1, 0.15) is 48.4 Å². The average molecular weight is 516 g/mol. The zero-order chi connectivity index (χ0) is 26.6. The first-order valence-electron chi connectivity index (χ1n) is 13.3. The highest BCUT2D eigenvalue weighted by Gasteiger charge is 2.26. The predicted molar refractivity (Wildman–Crippen MR) is 147 cm³/mol. The Morgan fingerprint density at radius 3 is 1.97 bits per heavy atom. The third-order valence-corrected chi connectivity index (χ3v) is 7.06. The van der Waals surface area contributed by atoms with Gasteiger partial charge in [0.15, 0.2) is 0 Å². The van der Waals surface area contributed by atoms with Crippen LogP contribution in [0.3, 0.4) is 0 Å². The predicted octanol–water partition coefficient (Wildman–Crippen LogP) is 5.11.